The number of aryl methyl sites for hydroxylation is 3. The highest BCUT2D eigenvalue weighted by Gasteiger charge is 2.28. The molecule has 0 saturated heterocycles. The molecule has 0 aromatic heterocycles. The zero-order valence-electron chi connectivity index (χ0n) is 12.3. The molecular weight excluding hydrogens is 244 g/mol. The molecule has 0 bridgehead atoms. The minimum atomic E-state index is -0.392. The molecule has 104 valence electrons. The molecule has 2 atom stereocenters. The van der Waals surface area contributed by atoms with Gasteiger partial charge >= 0.3 is 0 Å². The number of benzene rings is 2. The normalized spacial score (nSPS) is 19.4. The van der Waals surface area contributed by atoms with Gasteiger partial charge in [0.1, 0.15) is 0 Å². The van der Waals surface area contributed by atoms with Gasteiger partial charge in [-0.2, -0.15) is 0 Å². The van der Waals surface area contributed by atoms with Crippen molar-refractivity contribution in [1.82, 2.24) is 0 Å². The highest BCUT2D eigenvalue weighted by molar-refractivity contribution is 5.38. The fraction of sp³-hybridized carbons (Fsp3) is 0.368. The molecule has 0 amide bonds. The molecule has 0 saturated carbocycles. The van der Waals surface area contributed by atoms with E-state index in [-0.39, 0.29) is 5.92 Å². The van der Waals surface area contributed by atoms with Gasteiger partial charge < -0.3 is 5.11 Å². The minimum absolute atomic E-state index is 0.237. The molecule has 0 radical (unpaired) electrons. The van der Waals surface area contributed by atoms with E-state index in [2.05, 4.69) is 56.3 Å². The maximum absolute atomic E-state index is 10.9. The van der Waals surface area contributed by atoms with Crippen molar-refractivity contribution in [2.24, 2.45) is 0 Å². The standard InChI is InChI=1S/C19H22O/c1-13-10-11-14(2)18(12-13)19(20)17-9-5-7-15-6-3-4-8-16(15)17/h3-4,6,8,10-12,17,19-20H,5,7,9H2,1-2H3. The zero-order chi connectivity index (χ0) is 14.1. The summed E-state index contributed by atoms with van der Waals surface area (Å²) in [5.41, 5.74) is 6.24. The molecule has 3 rings (SSSR count). The first-order valence-corrected chi connectivity index (χ1v) is 7.50. The Labute approximate surface area is 121 Å². The number of aliphatic hydroxyl groups excluding tert-OH is 1. The topological polar surface area (TPSA) is 20.2 Å². The van der Waals surface area contributed by atoms with Crippen LogP contribution in [0.4, 0.5) is 0 Å². The molecule has 1 aliphatic carbocycles. The summed E-state index contributed by atoms with van der Waals surface area (Å²) in [5.74, 6) is 0.237. The van der Waals surface area contributed by atoms with E-state index in [4.69, 9.17) is 0 Å². The summed E-state index contributed by atoms with van der Waals surface area (Å²) in [6, 6.07) is 14.9. The van der Waals surface area contributed by atoms with Gasteiger partial charge in [-0.3, -0.25) is 0 Å². The first-order chi connectivity index (χ1) is 9.66. The SMILES string of the molecule is Cc1ccc(C)c(C(O)C2CCCc3ccccc32)c1. The van der Waals surface area contributed by atoms with Crippen molar-refractivity contribution in [1.29, 1.82) is 0 Å². The van der Waals surface area contributed by atoms with E-state index in [1.54, 1.807) is 0 Å². The lowest BCUT2D eigenvalue weighted by Crippen LogP contribution is -2.18. The second kappa shape index (κ2) is 5.41. The monoisotopic (exact) mass is 266 g/mol. The summed E-state index contributed by atoms with van der Waals surface area (Å²) in [6.07, 6.45) is 3.00. The van der Waals surface area contributed by atoms with Crippen LogP contribution in [0.5, 0.6) is 0 Å². The van der Waals surface area contributed by atoms with E-state index < -0.39 is 6.10 Å². The maximum atomic E-state index is 10.9. The van der Waals surface area contributed by atoms with Gasteiger partial charge in [0.25, 0.3) is 0 Å². The van der Waals surface area contributed by atoms with Gasteiger partial charge in [-0.05, 0) is 55.4 Å². The molecule has 0 heterocycles. The molecule has 1 aliphatic rings. The smallest absolute Gasteiger partial charge is 0.0861 e. The summed E-state index contributed by atoms with van der Waals surface area (Å²) in [7, 11) is 0. The minimum Gasteiger partial charge on any atom is -0.388 e. The number of fused-ring (bicyclic) bond motifs is 1. The average molecular weight is 266 g/mol. The van der Waals surface area contributed by atoms with E-state index in [1.165, 1.54) is 28.7 Å². The molecule has 1 nitrogen and oxygen atoms in total. The van der Waals surface area contributed by atoms with Crippen molar-refractivity contribution in [3.05, 3.63) is 70.3 Å². The van der Waals surface area contributed by atoms with Gasteiger partial charge in [-0.25, -0.2) is 0 Å². The maximum Gasteiger partial charge on any atom is 0.0861 e. The van der Waals surface area contributed by atoms with Crippen LogP contribution in [-0.4, -0.2) is 5.11 Å². The fourth-order valence-corrected chi connectivity index (χ4v) is 3.41. The molecular formula is C19H22O. The van der Waals surface area contributed by atoms with E-state index in [9.17, 15) is 5.11 Å². The highest BCUT2D eigenvalue weighted by atomic mass is 16.3. The van der Waals surface area contributed by atoms with Crippen LogP contribution in [-0.2, 0) is 6.42 Å². The van der Waals surface area contributed by atoms with Crippen LogP contribution in [0, 0.1) is 13.8 Å². The van der Waals surface area contributed by atoms with E-state index >= 15 is 0 Å². The Kier molecular flexibility index (Phi) is 3.62. The summed E-state index contributed by atoms with van der Waals surface area (Å²) in [6.45, 7) is 4.18. The predicted molar refractivity (Wildman–Crippen MR) is 83.0 cm³/mol. The van der Waals surface area contributed by atoms with Crippen LogP contribution >= 0.6 is 0 Å². The van der Waals surface area contributed by atoms with Gasteiger partial charge in [0.15, 0.2) is 0 Å². The largest absolute Gasteiger partial charge is 0.388 e. The van der Waals surface area contributed by atoms with E-state index in [1.807, 2.05) is 0 Å². The van der Waals surface area contributed by atoms with Gasteiger partial charge in [0.2, 0.25) is 0 Å². The van der Waals surface area contributed by atoms with Gasteiger partial charge in [-0.15, -0.1) is 0 Å². The number of aliphatic hydroxyl groups is 1. The molecule has 1 heteroatoms. The number of rotatable bonds is 2. The van der Waals surface area contributed by atoms with Crippen LogP contribution in [0.25, 0.3) is 0 Å². The van der Waals surface area contributed by atoms with Crippen molar-refractivity contribution in [2.45, 2.75) is 45.1 Å². The molecule has 0 spiro atoms. The summed E-state index contributed by atoms with van der Waals surface area (Å²) >= 11 is 0. The van der Waals surface area contributed by atoms with Crippen molar-refractivity contribution in [3.63, 3.8) is 0 Å². The first-order valence-electron chi connectivity index (χ1n) is 7.50. The summed E-state index contributed by atoms with van der Waals surface area (Å²) in [4.78, 5) is 0. The van der Waals surface area contributed by atoms with Gasteiger partial charge in [0, 0.05) is 5.92 Å². The van der Waals surface area contributed by atoms with Crippen molar-refractivity contribution >= 4 is 0 Å². The number of hydrogen-bond acceptors (Lipinski definition) is 1. The Bertz CT molecular complexity index is 615. The third kappa shape index (κ3) is 2.38. The molecule has 1 N–H and O–H groups in total. The average Bonchev–Trinajstić information content (AvgIpc) is 2.48. The second-order valence-corrected chi connectivity index (χ2v) is 6.00. The lowest BCUT2D eigenvalue weighted by molar-refractivity contribution is 0.135. The molecule has 2 aromatic carbocycles. The Morgan fingerprint density at radius 3 is 2.75 bits per heavy atom. The Hall–Kier alpha value is -1.60. The zero-order valence-corrected chi connectivity index (χ0v) is 12.3. The molecule has 0 fully saturated rings. The molecule has 2 unspecified atom stereocenters. The van der Waals surface area contributed by atoms with Crippen LogP contribution in [0.15, 0.2) is 42.5 Å². The van der Waals surface area contributed by atoms with Crippen molar-refractivity contribution < 1.29 is 5.11 Å². The quantitative estimate of drug-likeness (QED) is 0.851. The fourth-order valence-electron chi connectivity index (χ4n) is 3.41. The van der Waals surface area contributed by atoms with Crippen LogP contribution in [0.3, 0.4) is 0 Å². The molecule has 2 aromatic rings. The Morgan fingerprint density at radius 1 is 1.10 bits per heavy atom. The number of hydrogen-bond donors (Lipinski definition) is 1. The Morgan fingerprint density at radius 2 is 1.90 bits per heavy atom. The van der Waals surface area contributed by atoms with Crippen molar-refractivity contribution in [3.8, 4) is 0 Å². The predicted octanol–water partition coefficient (Wildman–Crippen LogP) is 4.46. The van der Waals surface area contributed by atoms with Gasteiger partial charge in [-0.1, -0.05) is 48.0 Å². The third-order valence-electron chi connectivity index (χ3n) is 4.55. The lowest BCUT2D eigenvalue weighted by atomic mass is 9.77. The van der Waals surface area contributed by atoms with E-state index in [0.29, 0.717) is 0 Å². The Balaban J connectivity index is 1.99. The van der Waals surface area contributed by atoms with Gasteiger partial charge in [0.05, 0.1) is 6.10 Å². The third-order valence-corrected chi connectivity index (χ3v) is 4.55. The molecule has 20 heavy (non-hydrogen) atoms. The van der Waals surface area contributed by atoms with E-state index in [0.717, 1.165) is 18.4 Å². The van der Waals surface area contributed by atoms with Crippen LogP contribution < -0.4 is 0 Å². The first kappa shape index (κ1) is 13.4. The van der Waals surface area contributed by atoms with Crippen LogP contribution in [0.2, 0.25) is 0 Å². The summed E-state index contributed by atoms with van der Waals surface area (Å²) in [5, 5.41) is 10.9. The molecule has 0 aliphatic heterocycles. The van der Waals surface area contributed by atoms with Crippen molar-refractivity contribution in [2.75, 3.05) is 0 Å². The lowest BCUT2D eigenvalue weighted by Gasteiger charge is -2.30. The van der Waals surface area contributed by atoms with Crippen LogP contribution in [0.1, 0.15) is 52.7 Å². The highest BCUT2D eigenvalue weighted by Crippen LogP contribution is 2.41. The summed E-state index contributed by atoms with van der Waals surface area (Å²) < 4.78 is 0. The second-order valence-electron chi connectivity index (χ2n) is 6.00.